The van der Waals surface area contributed by atoms with Crippen molar-refractivity contribution in [1.29, 1.82) is 0 Å². The van der Waals surface area contributed by atoms with Gasteiger partial charge in [-0.15, -0.1) is 0 Å². The lowest BCUT2D eigenvalue weighted by atomic mass is 10.1. The predicted octanol–water partition coefficient (Wildman–Crippen LogP) is 3.57. The second-order valence-electron chi connectivity index (χ2n) is 5.11. The summed E-state index contributed by atoms with van der Waals surface area (Å²) in [5.41, 5.74) is 2.84. The van der Waals surface area contributed by atoms with Crippen LogP contribution in [-0.2, 0) is 7.05 Å². The summed E-state index contributed by atoms with van der Waals surface area (Å²) in [5.74, 6) is -0.237. The number of hydrogen-bond acceptors (Lipinski definition) is 3. The van der Waals surface area contributed by atoms with Crippen LogP contribution >= 0.6 is 0 Å². The quantitative estimate of drug-likeness (QED) is 0.614. The number of nitrogens with one attached hydrogen (secondary N) is 1. The first-order valence-corrected chi connectivity index (χ1v) is 6.93. The number of hydrogen-bond donors (Lipinski definition) is 1. The van der Waals surface area contributed by atoms with Crippen LogP contribution in [-0.4, -0.2) is 15.5 Å². The number of aryl methyl sites for hydroxylation is 1. The fraction of sp³-hybridized carbons (Fsp3) is 0.0588. The van der Waals surface area contributed by atoms with Crippen molar-refractivity contribution in [3.8, 4) is 0 Å². The van der Waals surface area contributed by atoms with E-state index < -0.39 is 0 Å². The highest BCUT2D eigenvalue weighted by atomic mass is 16.4. The lowest BCUT2D eigenvalue weighted by Gasteiger charge is -2.05. The summed E-state index contributed by atoms with van der Waals surface area (Å²) in [6.07, 6.45) is 1.93. The number of aromatic nitrogens is 2. The van der Waals surface area contributed by atoms with E-state index in [2.05, 4.69) is 10.3 Å². The van der Waals surface area contributed by atoms with Gasteiger partial charge in [0.05, 0.1) is 11.1 Å². The Balaban J connectivity index is 1.73. The summed E-state index contributed by atoms with van der Waals surface area (Å²) in [5, 5.41) is 3.75. The number of carbonyl (C=O) groups is 1. The van der Waals surface area contributed by atoms with E-state index in [1.54, 1.807) is 6.07 Å². The number of carbonyl (C=O) groups excluding carboxylic acids is 1. The molecule has 22 heavy (non-hydrogen) atoms. The first-order valence-electron chi connectivity index (χ1n) is 6.93. The Morgan fingerprint density at radius 2 is 2.00 bits per heavy atom. The zero-order valence-corrected chi connectivity index (χ0v) is 11.9. The SMILES string of the molecule is Cn1ccc2cccc(C(=O)Nc3nc4ccccc4o3)c21. The van der Waals surface area contributed by atoms with E-state index in [-0.39, 0.29) is 11.9 Å². The minimum atomic E-state index is -0.237. The van der Waals surface area contributed by atoms with Crippen LogP contribution < -0.4 is 5.32 Å². The summed E-state index contributed by atoms with van der Waals surface area (Å²) >= 11 is 0. The number of amides is 1. The largest absolute Gasteiger partial charge is 0.423 e. The van der Waals surface area contributed by atoms with Crippen molar-refractivity contribution in [2.75, 3.05) is 5.32 Å². The average Bonchev–Trinajstić information content (AvgIpc) is 3.10. The maximum Gasteiger partial charge on any atom is 0.302 e. The predicted molar refractivity (Wildman–Crippen MR) is 84.9 cm³/mol. The van der Waals surface area contributed by atoms with Gasteiger partial charge in [0.2, 0.25) is 0 Å². The van der Waals surface area contributed by atoms with E-state index in [0.29, 0.717) is 11.1 Å². The Kier molecular flexibility index (Phi) is 2.72. The fourth-order valence-corrected chi connectivity index (χ4v) is 2.63. The molecule has 0 aliphatic heterocycles. The molecule has 0 aliphatic rings. The van der Waals surface area contributed by atoms with Crippen molar-refractivity contribution in [2.24, 2.45) is 7.05 Å². The molecule has 108 valence electrons. The molecule has 0 unspecified atom stereocenters. The molecule has 0 radical (unpaired) electrons. The van der Waals surface area contributed by atoms with Gasteiger partial charge in [-0.05, 0) is 24.3 Å². The lowest BCUT2D eigenvalue weighted by molar-refractivity contribution is 0.102. The Hall–Kier alpha value is -3.08. The Bertz CT molecular complexity index is 964. The minimum absolute atomic E-state index is 0.206. The Morgan fingerprint density at radius 3 is 2.86 bits per heavy atom. The third kappa shape index (κ3) is 1.95. The molecule has 4 rings (SSSR count). The number of benzene rings is 2. The normalized spacial score (nSPS) is 11.1. The maximum atomic E-state index is 12.5. The third-order valence-corrected chi connectivity index (χ3v) is 3.66. The van der Waals surface area contributed by atoms with Crippen molar-refractivity contribution in [3.63, 3.8) is 0 Å². The van der Waals surface area contributed by atoms with E-state index in [0.717, 1.165) is 16.4 Å². The molecular weight excluding hydrogens is 278 g/mol. The highest BCUT2D eigenvalue weighted by Crippen LogP contribution is 2.22. The molecule has 2 aromatic carbocycles. The second-order valence-corrected chi connectivity index (χ2v) is 5.11. The zero-order valence-electron chi connectivity index (χ0n) is 11.9. The molecule has 2 heterocycles. The molecule has 0 bridgehead atoms. The minimum Gasteiger partial charge on any atom is -0.423 e. The number of para-hydroxylation sites is 3. The van der Waals surface area contributed by atoms with Crippen LogP contribution in [0, 0.1) is 0 Å². The Labute approximate surface area is 126 Å². The third-order valence-electron chi connectivity index (χ3n) is 3.66. The fourth-order valence-electron chi connectivity index (χ4n) is 2.63. The number of nitrogens with zero attached hydrogens (tertiary/aromatic N) is 2. The monoisotopic (exact) mass is 291 g/mol. The lowest BCUT2D eigenvalue weighted by Crippen LogP contribution is -2.13. The zero-order chi connectivity index (χ0) is 15.1. The van der Waals surface area contributed by atoms with E-state index in [4.69, 9.17) is 4.42 Å². The number of rotatable bonds is 2. The van der Waals surface area contributed by atoms with E-state index >= 15 is 0 Å². The van der Waals surface area contributed by atoms with E-state index in [1.807, 2.05) is 60.3 Å². The number of oxazole rings is 1. The van der Waals surface area contributed by atoms with Gasteiger partial charge < -0.3 is 8.98 Å². The van der Waals surface area contributed by atoms with Crippen LogP contribution in [0.1, 0.15) is 10.4 Å². The molecule has 1 N–H and O–H groups in total. The van der Waals surface area contributed by atoms with Gasteiger partial charge in [0, 0.05) is 18.6 Å². The molecule has 5 heteroatoms. The van der Waals surface area contributed by atoms with Crippen molar-refractivity contribution < 1.29 is 9.21 Å². The van der Waals surface area contributed by atoms with Crippen LogP contribution in [0.3, 0.4) is 0 Å². The summed E-state index contributed by atoms with van der Waals surface area (Å²) in [4.78, 5) is 16.8. The molecular formula is C17H13N3O2. The van der Waals surface area contributed by atoms with Crippen LogP contribution in [0.15, 0.2) is 59.1 Å². The molecule has 0 atom stereocenters. The summed E-state index contributed by atoms with van der Waals surface area (Å²) in [6.45, 7) is 0. The molecule has 0 spiro atoms. The first-order chi connectivity index (χ1) is 10.7. The molecule has 0 saturated heterocycles. The number of fused-ring (bicyclic) bond motifs is 2. The van der Waals surface area contributed by atoms with Crippen LogP contribution in [0.25, 0.3) is 22.0 Å². The van der Waals surface area contributed by atoms with Crippen molar-refractivity contribution in [3.05, 3.63) is 60.3 Å². The van der Waals surface area contributed by atoms with Gasteiger partial charge in [-0.1, -0.05) is 24.3 Å². The van der Waals surface area contributed by atoms with E-state index in [9.17, 15) is 4.79 Å². The van der Waals surface area contributed by atoms with Crippen LogP contribution in [0.2, 0.25) is 0 Å². The van der Waals surface area contributed by atoms with E-state index in [1.165, 1.54) is 0 Å². The average molecular weight is 291 g/mol. The standard InChI is InChI=1S/C17H13N3O2/c1-20-10-9-11-5-4-6-12(15(11)20)16(21)19-17-18-13-7-2-3-8-14(13)22-17/h2-10H,1H3,(H,18,19,21). The molecule has 5 nitrogen and oxygen atoms in total. The molecule has 0 fully saturated rings. The molecule has 0 aliphatic carbocycles. The van der Waals surface area contributed by atoms with Crippen LogP contribution in [0.4, 0.5) is 6.01 Å². The second kappa shape index (κ2) is 4.73. The highest BCUT2D eigenvalue weighted by molar-refractivity contribution is 6.11. The van der Waals surface area contributed by atoms with Crippen molar-refractivity contribution in [2.45, 2.75) is 0 Å². The maximum absolute atomic E-state index is 12.5. The first kappa shape index (κ1) is 12.6. The van der Waals surface area contributed by atoms with Gasteiger partial charge in [-0.2, -0.15) is 4.98 Å². The van der Waals surface area contributed by atoms with Gasteiger partial charge in [-0.25, -0.2) is 0 Å². The molecule has 4 aromatic rings. The highest BCUT2D eigenvalue weighted by Gasteiger charge is 2.15. The Morgan fingerprint density at radius 1 is 1.14 bits per heavy atom. The summed E-state index contributed by atoms with van der Waals surface area (Å²) in [6, 6.07) is 15.2. The van der Waals surface area contributed by atoms with Gasteiger partial charge in [0.25, 0.3) is 5.91 Å². The molecule has 1 amide bonds. The van der Waals surface area contributed by atoms with Gasteiger partial charge >= 0.3 is 6.01 Å². The number of anilines is 1. The van der Waals surface area contributed by atoms with Crippen LogP contribution in [0.5, 0.6) is 0 Å². The van der Waals surface area contributed by atoms with Gasteiger partial charge in [0.15, 0.2) is 5.58 Å². The topological polar surface area (TPSA) is 60.1 Å². The van der Waals surface area contributed by atoms with Gasteiger partial charge in [-0.3, -0.25) is 10.1 Å². The smallest absolute Gasteiger partial charge is 0.302 e. The van der Waals surface area contributed by atoms with Crippen molar-refractivity contribution >= 4 is 33.9 Å². The summed E-state index contributed by atoms with van der Waals surface area (Å²) in [7, 11) is 1.92. The van der Waals surface area contributed by atoms with Gasteiger partial charge in [0.1, 0.15) is 5.52 Å². The van der Waals surface area contributed by atoms with Crippen molar-refractivity contribution in [1.82, 2.24) is 9.55 Å². The molecule has 0 saturated carbocycles. The molecule has 2 aromatic heterocycles. The summed E-state index contributed by atoms with van der Waals surface area (Å²) < 4.78 is 7.46.